The molecule has 76 valence electrons. The van der Waals surface area contributed by atoms with Gasteiger partial charge in [-0.3, -0.25) is 4.79 Å². The molecule has 1 amide bonds. The second-order valence-electron chi connectivity index (χ2n) is 3.10. The first kappa shape index (κ1) is 9.45. The second-order valence-corrected chi connectivity index (χ2v) is 3.10. The van der Waals surface area contributed by atoms with E-state index < -0.39 is 5.91 Å². The molecule has 0 aliphatic rings. The number of amides is 1. The zero-order chi connectivity index (χ0) is 10.8. The van der Waals surface area contributed by atoms with Crippen molar-refractivity contribution in [1.82, 2.24) is 4.57 Å². The van der Waals surface area contributed by atoms with Gasteiger partial charge in [0.25, 0.3) is 5.91 Å². The minimum atomic E-state index is -0.510. The van der Waals surface area contributed by atoms with Crippen LogP contribution in [0.3, 0.4) is 0 Å². The van der Waals surface area contributed by atoms with Gasteiger partial charge in [0.15, 0.2) is 0 Å². The number of primary amides is 1. The van der Waals surface area contributed by atoms with Crippen molar-refractivity contribution in [1.29, 1.82) is 0 Å². The van der Waals surface area contributed by atoms with Gasteiger partial charge in [0.05, 0.1) is 0 Å². The lowest BCUT2D eigenvalue weighted by atomic mass is 10.3. The third-order valence-electron chi connectivity index (χ3n) is 2.11. The van der Waals surface area contributed by atoms with Crippen LogP contribution in [0.4, 0.5) is 4.39 Å². The number of benzene rings is 1. The molecule has 15 heavy (non-hydrogen) atoms. The lowest BCUT2D eigenvalue weighted by Crippen LogP contribution is -2.15. The van der Waals surface area contributed by atoms with E-state index in [0.29, 0.717) is 11.4 Å². The number of halogens is 1. The van der Waals surface area contributed by atoms with Gasteiger partial charge in [-0.2, -0.15) is 0 Å². The summed E-state index contributed by atoms with van der Waals surface area (Å²) in [6.07, 6.45) is 1.70. The Labute approximate surface area is 85.9 Å². The molecule has 0 saturated heterocycles. The number of hydrogen-bond acceptors (Lipinski definition) is 1. The predicted molar refractivity (Wildman–Crippen MR) is 54.2 cm³/mol. The maximum Gasteiger partial charge on any atom is 0.265 e. The number of hydrogen-bond donors (Lipinski definition) is 1. The molecular formula is C11H9FN2O. The van der Waals surface area contributed by atoms with Gasteiger partial charge < -0.3 is 10.3 Å². The summed E-state index contributed by atoms with van der Waals surface area (Å²) in [5, 5.41) is 0. The van der Waals surface area contributed by atoms with Crippen LogP contribution in [0, 0.1) is 5.82 Å². The Bertz CT molecular complexity index is 488. The Morgan fingerprint density at radius 1 is 1.20 bits per heavy atom. The van der Waals surface area contributed by atoms with Gasteiger partial charge in [-0.15, -0.1) is 0 Å². The minimum absolute atomic E-state index is 0.313. The highest BCUT2D eigenvalue weighted by Gasteiger charge is 2.07. The topological polar surface area (TPSA) is 48.0 Å². The van der Waals surface area contributed by atoms with Crippen molar-refractivity contribution in [2.75, 3.05) is 0 Å². The molecule has 2 rings (SSSR count). The fraction of sp³-hybridized carbons (Fsp3) is 0. The second kappa shape index (κ2) is 3.57. The summed E-state index contributed by atoms with van der Waals surface area (Å²) in [4.78, 5) is 11.1. The Balaban J connectivity index is 2.49. The van der Waals surface area contributed by atoms with Crippen LogP contribution >= 0.6 is 0 Å². The molecule has 3 nitrogen and oxygen atoms in total. The molecule has 2 aromatic rings. The molecule has 0 radical (unpaired) electrons. The fourth-order valence-electron chi connectivity index (χ4n) is 1.41. The monoisotopic (exact) mass is 204 g/mol. The van der Waals surface area contributed by atoms with E-state index in [9.17, 15) is 9.18 Å². The summed E-state index contributed by atoms with van der Waals surface area (Å²) in [6, 6.07) is 9.17. The zero-order valence-corrected chi connectivity index (χ0v) is 7.85. The molecule has 0 unspecified atom stereocenters. The van der Waals surface area contributed by atoms with Crippen molar-refractivity contribution in [3.63, 3.8) is 0 Å². The minimum Gasteiger partial charge on any atom is -0.364 e. The highest BCUT2D eigenvalue weighted by atomic mass is 19.1. The number of carbonyl (C=O) groups excluding carboxylic acids is 1. The largest absolute Gasteiger partial charge is 0.364 e. The van der Waals surface area contributed by atoms with Crippen LogP contribution in [0.5, 0.6) is 0 Å². The summed E-state index contributed by atoms with van der Waals surface area (Å²) in [7, 11) is 0. The lowest BCUT2D eigenvalue weighted by Gasteiger charge is -2.06. The van der Waals surface area contributed by atoms with Crippen LogP contribution in [0.25, 0.3) is 5.69 Å². The molecule has 2 N–H and O–H groups in total. The van der Waals surface area contributed by atoms with E-state index in [1.165, 1.54) is 12.1 Å². The van der Waals surface area contributed by atoms with Crippen molar-refractivity contribution >= 4 is 5.91 Å². The zero-order valence-electron chi connectivity index (χ0n) is 7.85. The summed E-state index contributed by atoms with van der Waals surface area (Å²) in [5.74, 6) is -0.823. The average molecular weight is 204 g/mol. The standard InChI is InChI=1S/C11H9FN2O/c12-8-3-5-9(6-4-8)14-7-1-2-10(14)11(13)15/h1-7H,(H2,13,15). The maximum absolute atomic E-state index is 12.7. The smallest absolute Gasteiger partial charge is 0.265 e. The van der Waals surface area contributed by atoms with E-state index in [1.807, 2.05) is 0 Å². The van der Waals surface area contributed by atoms with Crippen molar-refractivity contribution in [2.24, 2.45) is 5.73 Å². The van der Waals surface area contributed by atoms with Gasteiger partial charge in [0.1, 0.15) is 11.5 Å². The molecule has 1 aromatic carbocycles. The Morgan fingerprint density at radius 2 is 1.87 bits per heavy atom. The normalized spacial score (nSPS) is 10.2. The Hall–Kier alpha value is -2.10. The molecule has 0 fully saturated rings. The SMILES string of the molecule is NC(=O)c1cccn1-c1ccc(F)cc1. The predicted octanol–water partition coefficient (Wildman–Crippen LogP) is 1.72. The highest BCUT2D eigenvalue weighted by molar-refractivity contribution is 5.91. The van der Waals surface area contributed by atoms with Crippen molar-refractivity contribution in [3.05, 3.63) is 54.1 Å². The maximum atomic E-state index is 12.7. The van der Waals surface area contributed by atoms with Crippen molar-refractivity contribution in [2.45, 2.75) is 0 Å². The first-order valence-corrected chi connectivity index (χ1v) is 4.41. The first-order chi connectivity index (χ1) is 7.18. The third kappa shape index (κ3) is 1.74. The van der Waals surface area contributed by atoms with Gasteiger partial charge in [-0.1, -0.05) is 0 Å². The van der Waals surface area contributed by atoms with E-state index in [0.717, 1.165) is 0 Å². The number of nitrogens with zero attached hydrogens (tertiary/aromatic N) is 1. The average Bonchev–Trinajstić information content (AvgIpc) is 2.67. The number of carbonyl (C=O) groups is 1. The summed E-state index contributed by atoms with van der Waals surface area (Å²) in [5.41, 5.74) is 6.27. The molecule has 0 aliphatic carbocycles. The molecule has 0 bridgehead atoms. The highest BCUT2D eigenvalue weighted by Crippen LogP contribution is 2.12. The van der Waals surface area contributed by atoms with E-state index >= 15 is 0 Å². The summed E-state index contributed by atoms with van der Waals surface area (Å²) >= 11 is 0. The Kier molecular flexibility index (Phi) is 2.25. The van der Waals surface area contributed by atoms with Crippen LogP contribution in [0.2, 0.25) is 0 Å². The molecule has 0 aliphatic heterocycles. The number of aromatic nitrogens is 1. The summed E-state index contributed by atoms with van der Waals surface area (Å²) < 4.78 is 14.3. The molecule has 0 spiro atoms. The van der Waals surface area contributed by atoms with E-state index in [4.69, 9.17) is 5.73 Å². The molecule has 4 heteroatoms. The Morgan fingerprint density at radius 3 is 2.47 bits per heavy atom. The van der Waals surface area contributed by atoms with Crippen LogP contribution in [-0.4, -0.2) is 10.5 Å². The van der Waals surface area contributed by atoms with Crippen molar-refractivity contribution in [3.8, 4) is 5.69 Å². The molecule has 0 saturated carbocycles. The lowest BCUT2D eigenvalue weighted by molar-refractivity contribution is 0.0994. The van der Waals surface area contributed by atoms with Crippen molar-refractivity contribution < 1.29 is 9.18 Å². The van der Waals surface area contributed by atoms with Gasteiger partial charge in [0, 0.05) is 11.9 Å². The molecule has 1 aromatic heterocycles. The molecule has 0 atom stereocenters. The van der Waals surface area contributed by atoms with Gasteiger partial charge in [-0.05, 0) is 36.4 Å². The molecular weight excluding hydrogens is 195 g/mol. The van der Waals surface area contributed by atoms with Gasteiger partial charge in [-0.25, -0.2) is 4.39 Å². The third-order valence-corrected chi connectivity index (χ3v) is 2.11. The van der Waals surface area contributed by atoms with Gasteiger partial charge in [0.2, 0.25) is 0 Å². The van der Waals surface area contributed by atoms with E-state index in [-0.39, 0.29) is 5.82 Å². The number of nitrogens with two attached hydrogens (primary N) is 1. The van der Waals surface area contributed by atoms with E-state index in [1.54, 1.807) is 35.0 Å². The van der Waals surface area contributed by atoms with Crippen LogP contribution < -0.4 is 5.73 Å². The fourth-order valence-corrected chi connectivity index (χ4v) is 1.41. The van der Waals surface area contributed by atoms with Crippen LogP contribution in [0.15, 0.2) is 42.6 Å². The quantitative estimate of drug-likeness (QED) is 0.795. The van der Waals surface area contributed by atoms with E-state index in [2.05, 4.69) is 0 Å². The first-order valence-electron chi connectivity index (χ1n) is 4.41. The van der Waals surface area contributed by atoms with Gasteiger partial charge >= 0.3 is 0 Å². The van der Waals surface area contributed by atoms with Crippen LogP contribution in [0.1, 0.15) is 10.5 Å². The molecule has 1 heterocycles. The summed E-state index contributed by atoms with van der Waals surface area (Å²) in [6.45, 7) is 0. The van der Waals surface area contributed by atoms with Crippen LogP contribution in [-0.2, 0) is 0 Å². The number of rotatable bonds is 2.